The van der Waals surface area contributed by atoms with Crippen LogP contribution in [0.5, 0.6) is 5.75 Å². The molecule has 7 nitrogen and oxygen atoms in total. The number of ketones is 1. The van der Waals surface area contributed by atoms with Crippen LogP contribution in [0.1, 0.15) is 18.4 Å². The topological polar surface area (TPSA) is 127 Å². The van der Waals surface area contributed by atoms with Crippen LogP contribution in [0, 0.1) is 5.92 Å². The van der Waals surface area contributed by atoms with Crippen LogP contribution in [0.15, 0.2) is 53.0 Å². The number of aliphatic hydroxyl groups excluding tert-OH is 1. The standard InChI is InChI=1S/C16H18NO6P/c18-12-5-1-3-11(9-12)4-2-6-16(20)14-8-7-13(19)10-15(14)17-24(21,22)23/h1,3,5,7-10,14,18-19H,2,4,6H2,(H2,21,22,23). The van der Waals surface area contributed by atoms with Crippen LogP contribution in [0.4, 0.5) is 0 Å². The van der Waals surface area contributed by atoms with Gasteiger partial charge in [0.1, 0.15) is 17.3 Å². The SMILES string of the molecule is O=C(CCCc1cccc(O)c1)C1C=CC(O)=CC1=NP(=O)(O)O. The molecule has 0 fully saturated rings. The molecular formula is C16H18NO6P. The second kappa shape index (κ2) is 7.57. The highest BCUT2D eigenvalue weighted by Gasteiger charge is 2.26. The predicted octanol–water partition coefficient (Wildman–Crippen LogP) is 2.45. The molecule has 0 aromatic heterocycles. The number of aliphatic hydroxyl groups is 1. The largest absolute Gasteiger partial charge is 0.508 e. The average molecular weight is 351 g/mol. The van der Waals surface area contributed by atoms with Crippen molar-refractivity contribution in [3.8, 4) is 5.75 Å². The van der Waals surface area contributed by atoms with Crippen LogP contribution in [0.3, 0.4) is 0 Å². The van der Waals surface area contributed by atoms with Gasteiger partial charge in [0.2, 0.25) is 0 Å². The summed E-state index contributed by atoms with van der Waals surface area (Å²) in [6, 6.07) is 6.73. The van der Waals surface area contributed by atoms with E-state index in [0.717, 1.165) is 11.6 Å². The lowest BCUT2D eigenvalue weighted by atomic mass is 9.90. The van der Waals surface area contributed by atoms with Crippen LogP contribution in [0.2, 0.25) is 0 Å². The van der Waals surface area contributed by atoms with Crippen molar-refractivity contribution >= 4 is 19.2 Å². The Morgan fingerprint density at radius 1 is 1.25 bits per heavy atom. The highest BCUT2D eigenvalue weighted by atomic mass is 31.2. The second-order valence-corrected chi connectivity index (χ2v) is 6.66. The van der Waals surface area contributed by atoms with Crippen molar-refractivity contribution in [1.29, 1.82) is 0 Å². The Balaban J connectivity index is 2.01. The van der Waals surface area contributed by atoms with Gasteiger partial charge in [-0.2, -0.15) is 4.76 Å². The van der Waals surface area contributed by atoms with Gasteiger partial charge in [-0.1, -0.05) is 18.2 Å². The summed E-state index contributed by atoms with van der Waals surface area (Å²) >= 11 is 0. The lowest BCUT2D eigenvalue weighted by Gasteiger charge is -2.16. The Morgan fingerprint density at radius 2 is 2.00 bits per heavy atom. The van der Waals surface area contributed by atoms with Crippen molar-refractivity contribution in [2.75, 3.05) is 0 Å². The molecule has 4 N–H and O–H groups in total. The summed E-state index contributed by atoms with van der Waals surface area (Å²) in [7, 11) is -4.70. The summed E-state index contributed by atoms with van der Waals surface area (Å²) in [4.78, 5) is 30.2. The first-order valence-corrected chi connectivity index (χ1v) is 8.86. The Labute approximate surface area is 138 Å². The molecule has 0 bridgehead atoms. The van der Waals surface area contributed by atoms with Crippen LogP contribution >= 0.6 is 7.75 Å². The zero-order valence-electron chi connectivity index (χ0n) is 12.7. The number of hydrogen-bond acceptors (Lipinski definition) is 4. The molecule has 128 valence electrons. The number of aryl methyl sites for hydroxylation is 1. The number of aromatic hydroxyl groups is 1. The molecule has 1 aliphatic rings. The Hall–Kier alpha value is -2.21. The molecule has 1 aromatic rings. The van der Waals surface area contributed by atoms with Gasteiger partial charge in [-0.15, -0.1) is 0 Å². The number of phenolic OH excluding ortho intramolecular Hbond substituents is 1. The Bertz CT molecular complexity index is 762. The summed E-state index contributed by atoms with van der Waals surface area (Å²) in [5.74, 6) is -1.20. The summed E-state index contributed by atoms with van der Waals surface area (Å²) in [5.41, 5.74) is 0.745. The molecule has 1 aromatic carbocycles. The minimum absolute atomic E-state index is 0.148. The molecule has 0 heterocycles. The summed E-state index contributed by atoms with van der Waals surface area (Å²) in [5, 5.41) is 18.8. The number of rotatable bonds is 6. The number of allylic oxidation sites excluding steroid dienone is 3. The summed E-state index contributed by atoms with van der Waals surface area (Å²) in [6.45, 7) is 0. The van der Waals surface area contributed by atoms with Gasteiger partial charge in [0.15, 0.2) is 0 Å². The van der Waals surface area contributed by atoms with E-state index >= 15 is 0 Å². The minimum Gasteiger partial charge on any atom is -0.508 e. The molecule has 1 unspecified atom stereocenters. The van der Waals surface area contributed by atoms with Gasteiger partial charge in [-0.05, 0) is 36.6 Å². The molecule has 2 rings (SSSR count). The Kier molecular flexibility index (Phi) is 5.72. The fourth-order valence-electron chi connectivity index (χ4n) is 2.43. The van der Waals surface area contributed by atoms with Gasteiger partial charge in [-0.25, -0.2) is 4.57 Å². The number of hydrogen-bond donors (Lipinski definition) is 4. The molecule has 0 amide bonds. The van der Waals surface area contributed by atoms with Crippen LogP contribution in [-0.4, -0.2) is 31.5 Å². The number of carbonyl (C=O) groups is 1. The van der Waals surface area contributed by atoms with Gasteiger partial charge in [0, 0.05) is 12.5 Å². The molecule has 0 saturated carbocycles. The third kappa shape index (κ3) is 5.45. The van der Waals surface area contributed by atoms with Crippen molar-refractivity contribution in [3.05, 3.63) is 53.8 Å². The van der Waals surface area contributed by atoms with Crippen LogP contribution in [0.25, 0.3) is 0 Å². The fourth-order valence-corrected chi connectivity index (χ4v) is 2.91. The minimum atomic E-state index is -4.70. The molecule has 8 heteroatoms. The second-order valence-electron chi connectivity index (χ2n) is 5.43. The van der Waals surface area contributed by atoms with Crippen molar-refractivity contribution in [1.82, 2.24) is 0 Å². The lowest BCUT2D eigenvalue weighted by Crippen LogP contribution is -2.23. The van der Waals surface area contributed by atoms with Gasteiger partial charge in [-0.3, -0.25) is 4.79 Å². The number of Topliss-reactive ketones (excluding diaryl/α,β-unsaturated/α-hetero) is 1. The van der Waals surface area contributed by atoms with Crippen molar-refractivity contribution in [2.45, 2.75) is 19.3 Å². The van der Waals surface area contributed by atoms with Gasteiger partial charge >= 0.3 is 7.75 Å². The van der Waals surface area contributed by atoms with E-state index in [-0.39, 0.29) is 29.4 Å². The molecule has 0 saturated heterocycles. The van der Waals surface area contributed by atoms with Crippen LogP contribution < -0.4 is 0 Å². The number of phenols is 1. The number of benzene rings is 1. The van der Waals surface area contributed by atoms with Crippen molar-refractivity contribution < 1.29 is 29.4 Å². The normalized spacial score (nSPS) is 19.3. The maximum absolute atomic E-state index is 12.3. The highest BCUT2D eigenvalue weighted by molar-refractivity contribution is 7.50. The first-order valence-electron chi connectivity index (χ1n) is 7.30. The van der Waals surface area contributed by atoms with E-state index in [1.807, 2.05) is 6.07 Å². The zero-order chi connectivity index (χ0) is 17.7. The quantitative estimate of drug-likeness (QED) is 0.583. The van der Waals surface area contributed by atoms with E-state index in [1.165, 1.54) is 12.2 Å². The number of nitrogens with zero attached hydrogens (tertiary/aromatic N) is 1. The maximum atomic E-state index is 12.3. The monoisotopic (exact) mass is 351 g/mol. The molecule has 0 spiro atoms. The van der Waals surface area contributed by atoms with E-state index in [9.17, 15) is 19.6 Å². The predicted molar refractivity (Wildman–Crippen MR) is 88.9 cm³/mol. The van der Waals surface area contributed by atoms with E-state index in [0.29, 0.717) is 12.8 Å². The van der Waals surface area contributed by atoms with Gasteiger partial charge in [0.05, 0.1) is 11.6 Å². The third-order valence-corrected chi connectivity index (χ3v) is 3.96. The van der Waals surface area contributed by atoms with E-state index < -0.39 is 13.7 Å². The fraction of sp³-hybridized carbons (Fsp3) is 0.250. The molecule has 0 radical (unpaired) electrons. The molecule has 0 aliphatic heterocycles. The first kappa shape index (κ1) is 18.1. The Morgan fingerprint density at radius 3 is 2.67 bits per heavy atom. The lowest BCUT2D eigenvalue weighted by molar-refractivity contribution is -0.119. The smallest absolute Gasteiger partial charge is 0.448 e. The van der Waals surface area contributed by atoms with Crippen LogP contribution in [-0.2, 0) is 15.8 Å². The molecule has 1 atom stereocenters. The van der Waals surface area contributed by atoms with Gasteiger partial charge in [0.25, 0.3) is 0 Å². The molecule has 24 heavy (non-hydrogen) atoms. The first-order chi connectivity index (χ1) is 11.2. The average Bonchev–Trinajstić information content (AvgIpc) is 2.45. The van der Waals surface area contributed by atoms with E-state index in [1.54, 1.807) is 18.2 Å². The molecular weight excluding hydrogens is 333 g/mol. The van der Waals surface area contributed by atoms with Crippen molar-refractivity contribution in [3.63, 3.8) is 0 Å². The maximum Gasteiger partial charge on any atom is 0.448 e. The van der Waals surface area contributed by atoms with E-state index in [2.05, 4.69) is 4.76 Å². The van der Waals surface area contributed by atoms with Crippen molar-refractivity contribution in [2.24, 2.45) is 10.7 Å². The number of carbonyl (C=O) groups excluding carboxylic acids is 1. The highest BCUT2D eigenvalue weighted by Crippen LogP contribution is 2.38. The molecule has 1 aliphatic carbocycles. The third-order valence-electron chi connectivity index (χ3n) is 3.47. The zero-order valence-corrected chi connectivity index (χ0v) is 13.6. The van der Waals surface area contributed by atoms with E-state index in [4.69, 9.17) is 9.79 Å². The summed E-state index contributed by atoms with van der Waals surface area (Å²) in [6.07, 6.45) is 5.04. The van der Waals surface area contributed by atoms with Gasteiger partial charge < -0.3 is 20.0 Å². The summed E-state index contributed by atoms with van der Waals surface area (Å²) < 4.78 is 14.3.